The van der Waals surface area contributed by atoms with Crippen LogP contribution in [0.2, 0.25) is 0 Å². The summed E-state index contributed by atoms with van der Waals surface area (Å²) in [6.07, 6.45) is 2.75. The number of nitrogens with one attached hydrogen (secondary N) is 1. The Balaban J connectivity index is 1.65. The van der Waals surface area contributed by atoms with Gasteiger partial charge in [0.1, 0.15) is 0 Å². The van der Waals surface area contributed by atoms with Crippen LogP contribution < -0.4 is 5.32 Å². The first-order chi connectivity index (χ1) is 12.1. The van der Waals surface area contributed by atoms with Gasteiger partial charge in [0.2, 0.25) is 0 Å². The Morgan fingerprint density at radius 3 is 2.16 bits per heavy atom. The first kappa shape index (κ1) is 16.6. The number of benzene rings is 3. The smallest absolute Gasteiger partial charge is 0.187 e. The minimum absolute atomic E-state index is 0.185. The molecule has 0 saturated carbocycles. The summed E-state index contributed by atoms with van der Waals surface area (Å²) >= 11 is 0. The van der Waals surface area contributed by atoms with E-state index in [1.807, 2.05) is 42.5 Å². The van der Waals surface area contributed by atoms with Crippen molar-refractivity contribution in [1.29, 1.82) is 0 Å². The van der Waals surface area contributed by atoms with Crippen molar-refractivity contribution >= 4 is 11.5 Å². The summed E-state index contributed by atoms with van der Waals surface area (Å²) in [5.41, 5.74) is 3.02. The zero-order valence-corrected chi connectivity index (χ0v) is 13.2. The summed E-state index contributed by atoms with van der Waals surface area (Å²) in [5, 5.41) is 2.74. The van der Waals surface area contributed by atoms with Gasteiger partial charge in [-0.2, -0.15) is 0 Å². The van der Waals surface area contributed by atoms with E-state index in [4.69, 9.17) is 0 Å². The van der Waals surface area contributed by atoms with Gasteiger partial charge in [0.15, 0.2) is 17.4 Å². The van der Waals surface area contributed by atoms with E-state index in [0.717, 1.165) is 23.3 Å². The van der Waals surface area contributed by atoms with Gasteiger partial charge in [-0.1, -0.05) is 54.6 Å². The van der Waals surface area contributed by atoms with Crippen LogP contribution in [0.3, 0.4) is 0 Å². The number of ketones is 1. The lowest BCUT2D eigenvalue weighted by atomic mass is 10.0. The first-order valence-corrected chi connectivity index (χ1v) is 7.71. The maximum atomic E-state index is 13.1. The molecule has 0 aliphatic rings. The summed E-state index contributed by atoms with van der Waals surface area (Å²) in [7, 11) is 0. The summed E-state index contributed by atoms with van der Waals surface area (Å²) in [6.45, 7) is 0. The van der Waals surface area contributed by atoms with Gasteiger partial charge in [0.05, 0.1) is 0 Å². The third-order valence-corrected chi connectivity index (χ3v) is 3.68. The van der Waals surface area contributed by atoms with Gasteiger partial charge in [0.25, 0.3) is 0 Å². The van der Waals surface area contributed by atoms with Gasteiger partial charge >= 0.3 is 0 Å². The highest BCUT2D eigenvalue weighted by molar-refractivity contribution is 6.04. The molecule has 124 valence electrons. The topological polar surface area (TPSA) is 29.1 Å². The Kier molecular flexibility index (Phi) is 5.00. The van der Waals surface area contributed by atoms with Crippen LogP contribution in [0.25, 0.3) is 11.1 Å². The number of carbonyl (C=O) groups excluding carboxylic acids is 1. The number of allylic oxidation sites excluding steroid dienone is 1. The predicted molar refractivity (Wildman–Crippen MR) is 95.3 cm³/mol. The molecule has 4 heteroatoms. The summed E-state index contributed by atoms with van der Waals surface area (Å²) in [4.78, 5) is 12.1. The van der Waals surface area contributed by atoms with Crippen molar-refractivity contribution in [2.24, 2.45) is 0 Å². The molecule has 0 radical (unpaired) electrons. The fourth-order valence-corrected chi connectivity index (χ4v) is 2.35. The molecule has 2 nitrogen and oxygen atoms in total. The Bertz CT molecular complexity index is 903. The molecule has 1 N–H and O–H groups in total. The molecule has 0 fully saturated rings. The first-order valence-electron chi connectivity index (χ1n) is 7.71. The van der Waals surface area contributed by atoms with Gasteiger partial charge in [-0.25, -0.2) is 8.78 Å². The number of halogens is 2. The molecule has 0 unspecified atom stereocenters. The van der Waals surface area contributed by atoms with Crippen LogP contribution in [-0.4, -0.2) is 5.78 Å². The van der Waals surface area contributed by atoms with Gasteiger partial charge in [-0.3, -0.25) is 4.79 Å². The molecule has 0 saturated heterocycles. The molecule has 0 amide bonds. The fourth-order valence-electron chi connectivity index (χ4n) is 2.35. The van der Waals surface area contributed by atoms with Crippen LogP contribution in [0.15, 0.2) is 85.1 Å². The average molecular weight is 335 g/mol. The van der Waals surface area contributed by atoms with Crippen molar-refractivity contribution in [3.63, 3.8) is 0 Å². The molecule has 0 atom stereocenters. The highest BCUT2D eigenvalue weighted by Gasteiger charge is 2.04. The van der Waals surface area contributed by atoms with Crippen LogP contribution in [-0.2, 0) is 0 Å². The normalized spacial score (nSPS) is 10.8. The Morgan fingerprint density at radius 1 is 0.800 bits per heavy atom. The third-order valence-electron chi connectivity index (χ3n) is 3.68. The van der Waals surface area contributed by atoms with Crippen LogP contribution in [0.4, 0.5) is 14.5 Å². The molecule has 3 aromatic rings. The Hall–Kier alpha value is -3.27. The molecule has 0 aliphatic heterocycles. The lowest BCUT2D eigenvalue weighted by Gasteiger charge is -2.03. The van der Waals surface area contributed by atoms with E-state index in [0.29, 0.717) is 11.3 Å². The van der Waals surface area contributed by atoms with Gasteiger partial charge in [-0.05, 0) is 23.3 Å². The number of hydrogen-bond donors (Lipinski definition) is 1. The van der Waals surface area contributed by atoms with E-state index in [2.05, 4.69) is 5.32 Å². The fraction of sp³-hybridized carbons (Fsp3) is 0. The molecule has 3 rings (SSSR count). The van der Waals surface area contributed by atoms with E-state index < -0.39 is 11.6 Å². The number of carbonyl (C=O) groups is 1. The molecule has 0 heterocycles. The molecular weight excluding hydrogens is 320 g/mol. The highest BCUT2D eigenvalue weighted by atomic mass is 19.2. The standard InChI is InChI=1S/C21H15F2NO/c22-19-11-10-18(14-20(19)23)24-13-12-21(25)17-8-6-16(7-9-17)15-4-2-1-3-5-15/h1-14,24H/b13-12+. The lowest BCUT2D eigenvalue weighted by Crippen LogP contribution is -1.97. The number of anilines is 1. The van der Waals surface area contributed by atoms with Crippen molar-refractivity contribution in [3.8, 4) is 11.1 Å². The number of rotatable bonds is 5. The van der Waals surface area contributed by atoms with Crippen molar-refractivity contribution in [2.75, 3.05) is 5.32 Å². The summed E-state index contributed by atoms with van der Waals surface area (Å²) in [5.74, 6) is -2.04. The van der Waals surface area contributed by atoms with Gasteiger partial charge in [0, 0.05) is 29.6 Å². The molecule has 3 aromatic carbocycles. The van der Waals surface area contributed by atoms with E-state index in [-0.39, 0.29) is 5.78 Å². The molecule has 0 aliphatic carbocycles. The van der Waals surface area contributed by atoms with E-state index >= 15 is 0 Å². The Labute approximate surface area is 144 Å². The SMILES string of the molecule is O=C(/C=C/Nc1ccc(F)c(F)c1)c1ccc(-c2ccccc2)cc1. The predicted octanol–water partition coefficient (Wildman–Crippen LogP) is 5.44. The van der Waals surface area contributed by atoms with Crippen LogP contribution in [0.5, 0.6) is 0 Å². The van der Waals surface area contributed by atoms with Crippen LogP contribution in [0.1, 0.15) is 10.4 Å². The summed E-state index contributed by atoms with van der Waals surface area (Å²) in [6, 6.07) is 20.6. The zero-order chi connectivity index (χ0) is 17.6. The molecule has 0 aromatic heterocycles. The molecular formula is C21H15F2NO. The summed E-state index contributed by atoms with van der Waals surface area (Å²) < 4.78 is 26.0. The van der Waals surface area contributed by atoms with E-state index in [1.54, 1.807) is 12.1 Å². The molecule has 0 spiro atoms. The second-order valence-corrected chi connectivity index (χ2v) is 5.41. The second kappa shape index (κ2) is 7.53. The highest BCUT2D eigenvalue weighted by Crippen LogP contribution is 2.19. The second-order valence-electron chi connectivity index (χ2n) is 5.41. The lowest BCUT2D eigenvalue weighted by molar-refractivity contribution is 0.104. The van der Waals surface area contributed by atoms with Crippen molar-refractivity contribution < 1.29 is 13.6 Å². The monoisotopic (exact) mass is 335 g/mol. The quantitative estimate of drug-likeness (QED) is 0.497. The largest absolute Gasteiger partial charge is 0.361 e. The minimum Gasteiger partial charge on any atom is -0.361 e. The van der Waals surface area contributed by atoms with Crippen molar-refractivity contribution in [1.82, 2.24) is 0 Å². The van der Waals surface area contributed by atoms with Crippen LogP contribution >= 0.6 is 0 Å². The van der Waals surface area contributed by atoms with Crippen molar-refractivity contribution in [3.05, 3.63) is 102 Å². The van der Waals surface area contributed by atoms with Crippen molar-refractivity contribution in [2.45, 2.75) is 0 Å². The van der Waals surface area contributed by atoms with Gasteiger partial charge in [-0.15, -0.1) is 0 Å². The van der Waals surface area contributed by atoms with Crippen LogP contribution in [0, 0.1) is 11.6 Å². The maximum absolute atomic E-state index is 13.1. The van der Waals surface area contributed by atoms with Gasteiger partial charge < -0.3 is 5.32 Å². The molecule has 25 heavy (non-hydrogen) atoms. The minimum atomic E-state index is -0.943. The average Bonchev–Trinajstić information content (AvgIpc) is 2.65. The Morgan fingerprint density at radius 2 is 1.48 bits per heavy atom. The number of hydrogen-bond acceptors (Lipinski definition) is 2. The zero-order valence-electron chi connectivity index (χ0n) is 13.2. The molecule has 0 bridgehead atoms. The van der Waals surface area contributed by atoms with E-state index in [9.17, 15) is 13.6 Å². The van der Waals surface area contributed by atoms with E-state index in [1.165, 1.54) is 18.3 Å². The maximum Gasteiger partial charge on any atom is 0.187 e. The third kappa shape index (κ3) is 4.18.